The molecule has 27 heavy (non-hydrogen) atoms. The molecule has 140 valence electrons. The van der Waals surface area contributed by atoms with Crippen LogP contribution in [0.25, 0.3) is 0 Å². The Hall–Kier alpha value is -2.38. The zero-order valence-corrected chi connectivity index (χ0v) is 17.1. The van der Waals surface area contributed by atoms with Gasteiger partial charge in [0.05, 0.1) is 0 Å². The van der Waals surface area contributed by atoms with Gasteiger partial charge in [-0.3, -0.25) is 10.1 Å². The van der Waals surface area contributed by atoms with Crippen molar-refractivity contribution in [2.75, 3.05) is 5.32 Å². The molecule has 5 nitrogen and oxygen atoms in total. The number of hydrogen-bond donors (Lipinski definition) is 1. The fraction of sp³-hybridized carbons (Fsp3) is 0.250. The summed E-state index contributed by atoms with van der Waals surface area (Å²) < 4.78 is 6.63. The number of aryl methyl sites for hydroxylation is 2. The number of anilines is 1. The summed E-state index contributed by atoms with van der Waals surface area (Å²) in [6.45, 7) is 5.68. The van der Waals surface area contributed by atoms with Crippen LogP contribution in [0.2, 0.25) is 0 Å². The molecule has 1 aromatic heterocycles. The van der Waals surface area contributed by atoms with Crippen molar-refractivity contribution >= 4 is 34.1 Å². The number of nitrogens with zero attached hydrogens (tertiary/aromatic N) is 2. The topological polar surface area (TPSA) is 64.1 Å². The third kappa shape index (κ3) is 5.55. The molecule has 0 fully saturated rings. The molecule has 1 amide bonds. The van der Waals surface area contributed by atoms with Crippen LogP contribution >= 0.6 is 23.1 Å². The van der Waals surface area contributed by atoms with E-state index in [-0.39, 0.29) is 5.91 Å². The van der Waals surface area contributed by atoms with Crippen molar-refractivity contribution in [3.05, 3.63) is 65.2 Å². The minimum absolute atomic E-state index is 0.244. The van der Waals surface area contributed by atoms with Gasteiger partial charge in [-0.15, -0.1) is 10.2 Å². The largest absolute Gasteiger partial charge is 0.481 e. The first-order valence-corrected chi connectivity index (χ1v) is 10.4. The van der Waals surface area contributed by atoms with Crippen molar-refractivity contribution in [2.45, 2.75) is 37.0 Å². The molecule has 1 atom stereocenters. The normalized spacial score (nSPS) is 11.8. The molecule has 0 radical (unpaired) electrons. The molecule has 0 aliphatic heterocycles. The number of rotatable bonds is 7. The third-order valence-electron chi connectivity index (χ3n) is 3.86. The van der Waals surface area contributed by atoms with Gasteiger partial charge >= 0.3 is 0 Å². The van der Waals surface area contributed by atoms with Gasteiger partial charge in [-0.05, 0) is 43.5 Å². The number of nitrogens with one attached hydrogen (secondary N) is 1. The Morgan fingerprint density at radius 1 is 1.19 bits per heavy atom. The number of thioether (sulfide) groups is 1. The van der Waals surface area contributed by atoms with Crippen molar-refractivity contribution in [1.82, 2.24) is 10.2 Å². The summed E-state index contributed by atoms with van der Waals surface area (Å²) in [5.74, 6) is 1.29. The van der Waals surface area contributed by atoms with Crippen LogP contribution in [0.4, 0.5) is 5.13 Å². The van der Waals surface area contributed by atoms with Crippen molar-refractivity contribution in [3.8, 4) is 5.75 Å². The predicted molar refractivity (Wildman–Crippen MR) is 111 cm³/mol. The van der Waals surface area contributed by atoms with Crippen LogP contribution in [-0.2, 0) is 10.5 Å². The first kappa shape index (κ1) is 19.4. The lowest BCUT2D eigenvalue weighted by Gasteiger charge is -2.15. The van der Waals surface area contributed by atoms with Crippen LogP contribution in [0, 0.1) is 13.8 Å². The molecular formula is C20H21N3O2S2. The number of carbonyl (C=O) groups excluding carboxylic acids is 1. The quantitative estimate of drug-likeness (QED) is 0.454. The van der Waals surface area contributed by atoms with Crippen LogP contribution in [0.3, 0.4) is 0 Å². The second kappa shape index (κ2) is 9.01. The molecule has 3 aromatic rings. The first-order valence-electron chi connectivity index (χ1n) is 8.56. The molecule has 1 heterocycles. The number of ether oxygens (including phenoxy) is 1. The number of carbonyl (C=O) groups is 1. The van der Waals surface area contributed by atoms with Crippen LogP contribution in [0.1, 0.15) is 23.6 Å². The SMILES string of the molecule is Cc1ccc(C)c(O[C@H](C)C(=O)Nc2nnc(SCc3ccccc3)s2)c1. The van der Waals surface area contributed by atoms with Crippen LogP contribution in [-0.4, -0.2) is 22.2 Å². The van der Waals surface area contributed by atoms with Gasteiger partial charge in [0, 0.05) is 5.75 Å². The Kier molecular flexibility index (Phi) is 6.47. The molecular weight excluding hydrogens is 378 g/mol. The Morgan fingerprint density at radius 2 is 1.96 bits per heavy atom. The van der Waals surface area contributed by atoms with Crippen LogP contribution in [0.5, 0.6) is 5.75 Å². The molecule has 0 saturated carbocycles. The first-order chi connectivity index (χ1) is 13.0. The minimum atomic E-state index is -0.630. The van der Waals surface area contributed by atoms with E-state index in [9.17, 15) is 4.79 Å². The van der Waals surface area contributed by atoms with Crippen LogP contribution in [0.15, 0.2) is 52.9 Å². The highest BCUT2D eigenvalue weighted by Gasteiger charge is 2.18. The van der Waals surface area contributed by atoms with E-state index in [2.05, 4.69) is 27.6 Å². The summed E-state index contributed by atoms with van der Waals surface area (Å²) >= 11 is 2.96. The maximum atomic E-state index is 12.4. The van der Waals surface area contributed by atoms with E-state index in [0.29, 0.717) is 10.9 Å². The van der Waals surface area contributed by atoms with Gasteiger partial charge in [-0.2, -0.15) is 0 Å². The Morgan fingerprint density at radius 3 is 2.74 bits per heavy atom. The van der Waals surface area contributed by atoms with E-state index in [4.69, 9.17) is 4.74 Å². The molecule has 0 saturated heterocycles. The highest BCUT2D eigenvalue weighted by molar-refractivity contribution is 8.00. The molecule has 0 aliphatic rings. The van der Waals surface area contributed by atoms with Gasteiger partial charge in [0.2, 0.25) is 5.13 Å². The summed E-state index contributed by atoms with van der Waals surface area (Å²) in [5, 5.41) is 11.4. The third-order valence-corrected chi connectivity index (χ3v) is 5.90. The maximum absolute atomic E-state index is 12.4. The van der Waals surface area contributed by atoms with E-state index in [0.717, 1.165) is 21.2 Å². The van der Waals surface area contributed by atoms with Gasteiger partial charge in [-0.1, -0.05) is 65.6 Å². The summed E-state index contributed by atoms with van der Waals surface area (Å²) in [7, 11) is 0. The molecule has 0 spiro atoms. The van der Waals surface area contributed by atoms with Crippen molar-refractivity contribution < 1.29 is 9.53 Å². The Balaban J connectivity index is 1.54. The maximum Gasteiger partial charge on any atom is 0.266 e. The number of amides is 1. The summed E-state index contributed by atoms with van der Waals surface area (Å²) in [5.41, 5.74) is 3.31. The van der Waals surface area contributed by atoms with E-state index >= 15 is 0 Å². The smallest absolute Gasteiger partial charge is 0.266 e. The summed E-state index contributed by atoms with van der Waals surface area (Å²) in [6.07, 6.45) is -0.630. The van der Waals surface area contributed by atoms with Crippen LogP contribution < -0.4 is 10.1 Å². The standard InChI is InChI=1S/C20H21N3O2S2/c1-13-9-10-14(2)17(11-13)25-15(3)18(24)21-19-22-23-20(27-19)26-12-16-7-5-4-6-8-16/h4-11,15H,12H2,1-3H3,(H,21,22,24)/t15-/m1/s1. The second-order valence-electron chi connectivity index (χ2n) is 6.17. The highest BCUT2D eigenvalue weighted by atomic mass is 32.2. The van der Waals surface area contributed by atoms with Gasteiger partial charge in [0.1, 0.15) is 5.75 Å². The van der Waals surface area contributed by atoms with Crippen molar-refractivity contribution in [2.24, 2.45) is 0 Å². The number of aromatic nitrogens is 2. The molecule has 3 rings (SSSR count). The fourth-order valence-electron chi connectivity index (χ4n) is 2.32. The average Bonchev–Trinajstić information content (AvgIpc) is 3.11. The lowest BCUT2D eigenvalue weighted by atomic mass is 10.1. The van der Waals surface area contributed by atoms with E-state index < -0.39 is 6.10 Å². The lowest BCUT2D eigenvalue weighted by molar-refractivity contribution is -0.122. The summed E-state index contributed by atoms with van der Waals surface area (Å²) in [6, 6.07) is 16.1. The lowest BCUT2D eigenvalue weighted by Crippen LogP contribution is -2.30. The minimum Gasteiger partial charge on any atom is -0.481 e. The fourth-order valence-corrected chi connectivity index (χ4v) is 4.03. The van der Waals surface area contributed by atoms with Gasteiger partial charge in [0.15, 0.2) is 10.4 Å². The Bertz CT molecular complexity index is 913. The Labute approximate surface area is 167 Å². The molecule has 2 aromatic carbocycles. The molecule has 0 bridgehead atoms. The van der Waals surface area contributed by atoms with Crippen molar-refractivity contribution in [1.29, 1.82) is 0 Å². The molecule has 0 unspecified atom stereocenters. The van der Waals surface area contributed by atoms with Crippen molar-refractivity contribution in [3.63, 3.8) is 0 Å². The predicted octanol–water partition coefficient (Wildman–Crippen LogP) is 4.85. The zero-order chi connectivity index (χ0) is 19.2. The monoisotopic (exact) mass is 399 g/mol. The van der Waals surface area contributed by atoms with E-state index in [1.807, 2.05) is 50.2 Å². The van der Waals surface area contributed by atoms with E-state index in [1.54, 1.807) is 18.7 Å². The number of hydrogen-bond acceptors (Lipinski definition) is 6. The van der Waals surface area contributed by atoms with Gasteiger partial charge in [-0.25, -0.2) is 0 Å². The summed E-state index contributed by atoms with van der Waals surface area (Å²) in [4.78, 5) is 12.4. The average molecular weight is 400 g/mol. The second-order valence-corrected chi connectivity index (χ2v) is 8.37. The van der Waals surface area contributed by atoms with E-state index in [1.165, 1.54) is 16.9 Å². The van der Waals surface area contributed by atoms with Gasteiger partial charge in [0.25, 0.3) is 5.91 Å². The van der Waals surface area contributed by atoms with Gasteiger partial charge < -0.3 is 4.74 Å². The zero-order valence-electron chi connectivity index (χ0n) is 15.4. The molecule has 7 heteroatoms. The molecule has 0 aliphatic carbocycles. The highest BCUT2D eigenvalue weighted by Crippen LogP contribution is 2.28. The number of benzene rings is 2. The molecule has 1 N–H and O–H groups in total.